The SMILES string of the molecule is CCOc1cccc2c1[nH]c(=S)n2C1CCOCC1. The van der Waals surface area contributed by atoms with Gasteiger partial charge < -0.3 is 19.0 Å². The molecule has 19 heavy (non-hydrogen) atoms. The monoisotopic (exact) mass is 278 g/mol. The van der Waals surface area contributed by atoms with Crippen LogP contribution in [0.15, 0.2) is 18.2 Å². The van der Waals surface area contributed by atoms with Gasteiger partial charge in [-0.3, -0.25) is 0 Å². The molecule has 2 heterocycles. The normalized spacial score (nSPS) is 16.9. The predicted octanol–water partition coefficient (Wildman–Crippen LogP) is 3.45. The average molecular weight is 278 g/mol. The highest BCUT2D eigenvalue weighted by Crippen LogP contribution is 2.30. The number of rotatable bonds is 3. The predicted molar refractivity (Wildman–Crippen MR) is 77.4 cm³/mol. The molecule has 0 atom stereocenters. The summed E-state index contributed by atoms with van der Waals surface area (Å²) in [4.78, 5) is 3.29. The molecule has 1 fully saturated rings. The van der Waals surface area contributed by atoms with Crippen LogP contribution < -0.4 is 4.74 Å². The third-order valence-electron chi connectivity index (χ3n) is 3.57. The topological polar surface area (TPSA) is 39.2 Å². The Labute approximate surface area is 117 Å². The lowest BCUT2D eigenvalue weighted by Crippen LogP contribution is -2.19. The van der Waals surface area contributed by atoms with Gasteiger partial charge in [0.15, 0.2) is 4.77 Å². The van der Waals surface area contributed by atoms with Gasteiger partial charge in [0.25, 0.3) is 0 Å². The quantitative estimate of drug-likeness (QED) is 0.874. The van der Waals surface area contributed by atoms with Crippen LogP contribution in [0.25, 0.3) is 11.0 Å². The average Bonchev–Trinajstić information content (AvgIpc) is 2.77. The van der Waals surface area contributed by atoms with Gasteiger partial charge in [-0.05, 0) is 44.1 Å². The van der Waals surface area contributed by atoms with E-state index in [1.54, 1.807) is 0 Å². The van der Waals surface area contributed by atoms with Crippen LogP contribution in [0.1, 0.15) is 25.8 Å². The summed E-state index contributed by atoms with van der Waals surface area (Å²) in [6.07, 6.45) is 2.03. The molecule has 4 nitrogen and oxygen atoms in total. The minimum atomic E-state index is 0.423. The molecule has 0 amide bonds. The fourth-order valence-corrected chi connectivity index (χ4v) is 3.05. The summed E-state index contributed by atoms with van der Waals surface area (Å²) in [5.74, 6) is 0.872. The van der Waals surface area contributed by atoms with Crippen molar-refractivity contribution in [2.45, 2.75) is 25.8 Å². The molecule has 1 aromatic heterocycles. The summed E-state index contributed by atoms with van der Waals surface area (Å²) in [5, 5.41) is 0. The van der Waals surface area contributed by atoms with E-state index in [-0.39, 0.29) is 0 Å². The van der Waals surface area contributed by atoms with Gasteiger partial charge in [-0.25, -0.2) is 0 Å². The van der Waals surface area contributed by atoms with Crippen molar-refractivity contribution < 1.29 is 9.47 Å². The Hall–Kier alpha value is -1.33. The van der Waals surface area contributed by atoms with Gasteiger partial charge >= 0.3 is 0 Å². The number of benzene rings is 1. The number of imidazole rings is 1. The van der Waals surface area contributed by atoms with E-state index in [2.05, 4.69) is 15.6 Å². The van der Waals surface area contributed by atoms with Crippen molar-refractivity contribution in [1.82, 2.24) is 9.55 Å². The zero-order valence-electron chi connectivity index (χ0n) is 11.0. The molecule has 5 heteroatoms. The molecule has 1 aliphatic rings. The minimum Gasteiger partial charge on any atom is -0.492 e. The number of aromatic nitrogens is 2. The number of hydrogen-bond acceptors (Lipinski definition) is 3. The van der Waals surface area contributed by atoms with E-state index < -0.39 is 0 Å². The lowest BCUT2D eigenvalue weighted by atomic mass is 10.1. The van der Waals surface area contributed by atoms with E-state index in [1.807, 2.05) is 19.1 Å². The van der Waals surface area contributed by atoms with Crippen LogP contribution in [0.3, 0.4) is 0 Å². The Morgan fingerprint density at radius 1 is 1.42 bits per heavy atom. The van der Waals surface area contributed by atoms with Crippen molar-refractivity contribution in [3.63, 3.8) is 0 Å². The molecule has 0 unspecified atom stereocenters. The molecule has 1 aliphatic heterocycles. The van der Waals surface area contributed by atoms with E-state index >= 15 is 0 Å². The van der Waals surface area contributed by atoms with Gasteiger partial charge in [0, 0.05) is 19.3 Å². The fraction of sp³-hybridized carbons (Fsp3) is 0.500. The first-order valence-corrected chi connectivity index (χ1v) is 7.16. The molecule has 0 spiro atoms. The van der Waals surface area contributed by atoms with E-state index in [0.29, 0.717) is 12.6 Å². The number of hydrogen-bond donors (Lipinski definition) is 1. The summed E-state index contributed by atoms with van der Waals surface area (Å²) in [6.45, 7) is 4.26. The van der Waals surface area contributed by atoms with Crippen molar-refractivity contribution in [1.29, 1.82) is 0 Å². The molecule has 1 saturated heterocycles. The molecule has 102 valence electrons. The minimum absolute atomic E-state index is 0.423. The molecular weight excluding hydrogens is 260 g/mol. The summed E-state index contributed by atoms with van der Waals surface area (Å²) in [7, 11) is 0. The number of ether oxygens (including phenoxy) is 2. The van der Waals surface area contributed by atoms with Gasteiger partial charge in [0.2, 0.25) is 0 Å². The number of nitrogens with zero attached hydrogens (tertiary/aromatic N) is 1. The highest BCUT2D eigenvalue weighted by Gasteiger charge is 2.19. The highest BCUT2D eigenvalue weighted by atomic mass is 32.1. The zero-order chi connectivity index (χ0) is 13.2. The molecule has 0 radical (unpaired) electrons. The lowest BCUT2D eigenvalue weighted by Gasteiger charge is -2.24. The number of aromatic amines is 1. The Morgan fingerprint density at radius 2 is 2.21 bits per heavy atom. The van der Waals surface area contributed by atoms with Crippen LogP contribution in [-0.2, 0) is 4.74 Å². The summed E-state index contributed by atoms with van der Waals surface area (Å²) < 4.78 is 14.1. The van der Waals surface area contributed by atoms with Gasteiger partial charge in [0.05, 0.1) is 12.1 Å². The molecule has 0 saturated carbocycles. The standard InChI is InChI=1S/C14H18N2O2S/c1-2-18-12-5-3-4-11-13(12)15-14(19)16(11)10-6-8-17-9-7-10/h3-5,10H,2,6-9H2,1H3,(H,15,19). The third-order valence-corrected chi connectivity index (χ3v) is 3.87. The first-order valence-electron chi connectivity index (χ1n) is 6.75. The maximum absolute atomic E-state index is 5.66. The highest BCUT2D eigenvalue weighted by molar-refractivity contribution is 7.71. The number of nitrogens with one attached hydrogen (secondary N) is 1. The van der Waals surface area contributed by atoms with Gasteiger partial charge in [-0.2, -0.15) is 0 Å². The zero-order valence-corrected chi connectivity index (χ0v) is 11.8. The van der Waals surface area contributed by atoms with Crippen molar-refractivity contribution >= 4 is 23.3 Å². The van der Waals surface area contributed by atoms with Gasteiger partial charge in [-0.1, -0.05) is 6.07 Å². The second-order valence-corrected chi connectivity index (χ2v) is 5.11. The molecule has 1 aromatic carbocycles. The van der Waals surface area contributed by atoms with Gasteiger partial charge in [-0.15, -0.1) is 0 Å². The van der Waals surface area contributed by atoms with Crippen molar-refractivity contribution in [3.05, 3.63) is 23.0 Å². The van der Waals surface area contributed by atoms with Crippen LogP contribution in [0.2, 0.25) is 0 Å². The van der Waals surface area contributed by atoms with Crippen LogP contribution in [0.4, 0.5) is 0 Å². The maximum Gasteiger partial charge on any atom is 0.178 e. The van der Waals surface area contributed by atoms with Crippen molar-refractivity contribution in [2.75, 3.05) is 19.8 Å². The van der Waals surface area contributed by atoms with E-state index in [4.69, 9.17) is 21.7 Å². The molecule has 0 aliphatic carbocycles. The Balaban J connectivity index is 2.11. The van der Waals surface area contributed by atoms with Crippen LogP contribution in [-0.4, -0.2) is 29.4 Å². The third kappa shape index (κ3) is 2.28. The molecule has 3 rings (SSSR count). The van der Waals surface area contributed by atoms with E-state index in [1.165, 1.54) is 0 Å². The smallest absolute Gasteiger partial charge is 0.178 e. The van der Waals surface area contributed by atoms with E-state index in [9.17, 15) is 0 Å². The first kappa shape index (κ1) is 12.7. The Bertz CT molecular complexity index is 626. The Morgan fingerprint density at radius 3 is 2.95 bits per heavy atom. The number of fused-ring (bicyclic) bond motifs is 1. The largest absolute Gasteiger partial charge is 0.492 e. The van der Waals surface area contributed by atoms with Crippen LogP contribution in [0, 0.1) is 4.77 Å². The number of H-pyrrole nitrogens is 1. The maximum atomic E-state index is 5.66. The van der Waals surface area contributed by atoms with Crippen LogP contribution >= 0.6 is 12.2 Å². The first-order chi connectivity index (χ1) is 9.31. The molecule has 1 N–H and O–H groups in total. The van der Waals surface area contributed by atoms with E-state index in [0.717, 1.165) is 47.6 Å². The second kappa shape index (κ2) is 5.35. The summed E-state index contributed by atoms with van der Waals surface area (Å²) >= 11 is 5.49. The van der Waals surface area contributed by atoms with Gasteiger partial charge in [0.1, 0.15) is 11.3 Å². The summed E-state index contributed by atoms with van der Waals surface area (Å²) in [6, 6.07) is 6.52. The van der Waals surface area contributed by atoms with Crippen molar-refractivity contribution in [3.8, 4) is 5.75 Å². The summed E-state index contributed by atoms with van der Waals surface area (Å²) in [5.41, 5.74) is 2.13. The molecular formula is C14H18N2O2S. The van der Waals surface area contributed by atoms with Crippen LogP contribution in [0.5, 0.6) is 5.75 Å². The molecule has 0 bridgehead atoms. The second-order valence-electron chi connectivity index (χ2n) is 4.73. The fourth-order valence-electron chi connectivity index (χ4n) is 2.70. The number of para-hydroxylation sites is 1. The molecule has 2 aromatic rings. The Kier molecular flexibility index (Phi) is 3.57. The van der Waals surface area contributed by atoms with Crippen molar-refractivity contribution in [2.24, 2.45) is 0 Å². The lowest BCUT2D eigenvalue weighted by molar-refractivity contribution is 0.0702.